The van der Waals surface area contributed by atoms with Crippen LogP contribution in [0.5, 0.6) is 0 Å². The van der Waals surface area contributed by atoms with Gasteiger partial charge in [-0.1, -0.05) is 42.0 Å². The number of hydrogen-bond acceptors (Lipinski definition) is 3. The monoisotopic (exact) mass is 377 g/mol. The van der Waals surface area contributed by atoms with Crippen LogP contribution >= 0.6 is 0 Å². The van der Waals surface area contributed by atoms with E-state index in [9.17, 15) is 14.4 Å². The summed E-state index contributed by atoms with van der Waals surface area (Å²) in [6.45, 7) is 5.91. The van der Waals surface area contributed by atoms with Crippen LogP contribution in [0.4, 0.5) is 5.69 Å². The Balaban J connectivity index is 1.76. The summed E-state index contributed by atoms with van der Waals surface area (Å²) in [5.74, 6) is -0.355. The number of carbonyl (C=O) groups is 1. The summed E-state index contributed by atoms with van der Waals surface area (Å²) in [6, 6.07) is 13.5. The molecule has 1 heterocycles. The van der Waals surface area contributed by atoms with Crippen LogP contribution in [0.2, 0.25) is 0 Å². The molecule has 2 aromatic carbocycles. The van der Waals surface area contributed by atoms with Gasteiger partial charge in [0, 0.05) is 18.1 Å². The maximum Gasteiger partial charge on any atom is 0.316 e. The van der Waals surface area contributed by atoms with Crippen molar-refractivity contribution in [2.75, 3.05) is 5.32 Å². The molecule has 0 unspecified atom stereocenters. The second-order valence-corrected chi connectivity index (χ2v) is 7.02. The van der Waals surface area contributed by atoms with Crippen LogP contribution in [-0.4, -0.2) is 15.0 Å². The minimum absolute atomic E-state index is 0.215. The SMILES string of the molecule is Cc1ccc(Cn2ccn(CC(=O)Nc3cc(C)ccc3C)c(=O)c2=O)cc1. The van der Waals surface area contributed by atoms with E-state index >= 15 is 0 Å². The van der Waals surface area contributed by atoms with Crippen LogP contribution in [-0.2, 0) is 17.9 Å². The van der Waals surface area contributed by atoms with E-state index in [1.807, 2.05) is 63.2 Å². The van der Waals surface area contributed by atoms with Crippen molar-refractivity contribution in [2.45, 2.75) is 33.9 Å². The zero-order valence-electron chi connectivity index (χ0n) is 16.2. The Kier molecular flexibility index (Phi) is 5.59. The molecule has 28 heavy (non-hydrogen) atoms. The Labute approximate surface area is 163 Å². The molecule has 6 heteroatoms. The van der Waals surface area contributed by atoms with Gasteiger partial charge < -0.3 is 9.88 Å². The molecule has 0 aliphatic heterocycles. The summed E-state index contributed by atoms with van der Waals surface area (Å²) in [5.41, 5.74) is 3.34. The average molecular weight is 377 g/mol. The number of carbonyl (C=O) groups excluding carboxylic acids is 1. The highest BCUT2D eigenvalue weighted by Crippen LogP contribution is 2.16. The van der Waals surface area contributed by atoms with Crippen molar-refractivity contribution >= 4 is 11.6 Å². The molecule has 1 amide bonds. The Hall–Kier alpha value is -3.41. The number of nitrogens with zero attached hydrogens (tertiary/aromatic N) is 2. The largest absolute Gasteiger partial charge is 0.324 e. The summed E-state index contributed by atoms with van der Waals surface area (Å²) < 4.78 is 2.49. The third kappa shape index (κ3) is 4.46. The van der Waals surface area contributed by atoms with Crippen LogP contribution in [0.25, 0.3) is 0 Å². The molecule has 144 valence electrons. The van der Waals surface area contributed by atoms with E-state index < -0.39 is 11.1 Å². The fourth-order valence-corrected chi connectivity index (χ4v) is 2.90. The predicted octanol–water partition coefficient (Wildman–Crippen LogP) is 2.62. The zero-order valence-corrected chi connectivity index (χ0v) is 16.2. The van der Waals surface area contributed by atoms with E-state index in [0.717, 1.165) is 26.8 Å². The second-order valence-electron chi connectivity index (χ2n) is 7.02. The van der Waals surface area contributed by atoms with Crippen molar-refractivity contribution in [3.8, 4) is 0 Å². The fourth-order valence-electron chi connectivity index (χ4n) is 2.90. The summed E-state index contributed by atoms with van der Waals surface area (Å²) in [4.78, 5) is 37.1. The first-order chi connectivity index (χ1) is 13.3. The third-order valence-electron chi connectivity index (χ3n) is 4.59. The maximum atomic E-state index is 12.4. The number of aromatic nitrogens is 2. The van der Waals surface area contributed by atoms with E-state index in [2.05, 4.69) is 5.32 Å². The van der Waals surface area contributed by atoms with Crippen LogP contribution in [0.3, 0.4) is 0 Å². The molecule has 3 rings (SSSR count). The van der Waals surface area contributed by atoms with Crippen molar-refractivity contribution in [3.63, 3.8) is 0 Å². The average Bonchev–Trinajstić information content (AvgIpc) is 2.66. The topological polar surface area (TPSA) is 73.1 Å². The molecule has 0 atom stereocenters. The Morgan fingerprint density at radius 1 is 0.857 bits per heavy atom. The minimum Gasteiger partial charge on any atom is -0.324 e. The summed E-state index contributed by atoms with van der Waals surface area (Å²) in [5, 5.41) is 2.80. The predicted molar refractivity (Wildman–Crippen MR) is 110 cm³/mol. The zero-order chi connectivity index (χ0) is 20.3. The molecule has 0 saturated heterocycles. The molecule has 0 spiro atoms. The lowest BCUT2D eigenvalue weighted by Gasteiger charge is -2.11. The smallest absolute Gasteiger partial charge is 0.316 e. The van der Waals surface area contributed by atoms with Gasteiger partial charge in [-0.3, -0.25) is 19.0 Å². The Bertz CT molecular complexity index is 1120. The molecule has 0 saturated carbocycles. The number of anilines is 1. The van der Waals surface area contributed by atoms with Gasteiger partial charge in [-0.15, -0.1) is 0 Å². The van der Waals surface area contributed by atoms with E-state index in [1.54, 1.807) is 0 Å². The second kappa shape index (κ2) is 8.08. The minimum atomic E-state index is -0.717. The first-order valence-electron chi connectivity index (χ1n) is 9.06. The first kappa shape index (κ1) is 19.4. The number of hydrogen-bond donors (Lipinski definition) is 1. The summed E-state index contributed by atoms with van der Waals surface area (Å²) in [7, 11) is 0. The number of rotatable bonds is 5. The van der Waals surface area contributed by atoms with Gasteiger partial charge in [0.25, 0.3) is 0 Å². The highest BCUT2D eigenvalue weighted by atomic mass is 16.2. The Morgan fingerprint density at radius 2 is 1.46 bits per heavy atom. The quantitative estimate of drug-likeness (QED) is 0.695. The summed E-state index contributed by atoms with van der Waals surface area (Å²) >= 11 is 0. The number of benzene rings is 2. The lowest BCUT2D eigenvalue weighted by atomic mass is 10.1. The number of nitrogens with one attached hydrogen (secondary N) is 1. The van der Waals surface area contributed by atoms with Gasteiger partial charge in [0.1, 0.15) is 6.54 Å². The van der Waals surface area contributed by atoms with E-state index in [-0.39, 0.29) is 12.5 Å². The van der Waals surface area contributed by atoms with Crippen molar-refractivity contribution in [2.24, 2.45) is 0 Å². The third-order valence-corrected chi connectivity index (χ3v) is 4.59. The standard InChI is InChI=1S/C22H23N3O3/c1-15-5-8-18(9-6-15)13-24-10-11-25(22(28)21(24)27)14-20(26)23-19-12-16(2)4-7-17(19)3/h4-12H,13-14H2,1-3H3,(H,23,26). The van der Waals surface area contributed by atoms with Crippen LogP contribution in [0, 0.1) is 20.8 Å². The molecule has 3 aromatic rings. The molecule has 0 radical (unpaired) electrons. The molecule has 1 N–H and O–H groups in total. The van der Waals surface area contributed by atoms with Gasteiger partial charge in [0.05, 0.1) is 6.54 Å². The van der Waals surface area contributed by atoms with Gasteiger partial charge in [-0.05, 0) is 43.5 Å². The normalized spacial score (nSPS) is 10.7. The van der Waals surface area contributed by atoms with E-state index in [4.69, 9.17) is 0 Å². The number of amides is 1. The van der Waals surface area contributed by atoms with Crippen molar-refractivity contribution in [1.29, 1.82) is 0 Å². The number of aryl methyl sites for hydroxylation is 3. The molecular weight excluding hydrogens is 354 g/mol. The first-order valence-corrected chi connectivity index (χ1v) is 9.06. The molecular formula is C22H23N3O3. The van der Waals surface area contributed by atoms with Gasteiger partial charge >= 0.3 is 11.1 Å². The molecule has 0 fully saturated rings. The lowest BCUT2D eigenvalue weighted by Crippen LogP contribution is -2.42. The van der Waals surface area contributed by atoms with Gasteiger partial charge in [-0.25, -0.2) is 0 Å². The lowest BCUT2D eigenvalue weighted by molar-refractivity contribution is -0.116. The molecule has 1 aromatic heterocycles. The van der Waals surface area contributed by atoms with E-state index in [1.165, 1.54) is 17.0 Å². The summed E-state index contributed by atoms with van der Waals surface area (Å²) in [6.07, 6.45) is 3.01. The van der Waals surface area contributed by atoms with Crippen LogP contribution < -0.4 is 16.4 Å². The van der Waals surface area contributed by atoms with Crippen LogP contribution in [0.15, 0.2) is 64.4 Å². The highest BCUT2D eigenvalue weighted by molar-refractivity contribution is 5.91. The van der Waals surface area contributed by atoms with Crippen molar-refractivity contribution < 1.29 is 4.79 Å². The van der Waals surface area contributed by atoms with Gasteiger partial charge in [-0.2, -0.15) is 0 Å². The fraction of sp³-hybridized carbons (Fsp3) is 0.227. The molecule has 0 aliphatic rings. The van der Waals surface area contributed by atoms with Crippen molar-refractivity contribution in [3.05, 3.63) is 97.8 Å². The van der Waals surface area contributed by atoms with Gasteiger partial charge in [0.15, 0.2) is 0 Å². The maximum absolute atomic E-state index is 12.4. The van der Waals surface area contributed by atoms with Crippen LogP contribution in [0.1, 0.15) is 22.3 Å². The molecule has 0 aliphatic carbocycles. The molecule has 6 nitrogen and oxygen atoms in total. The Morgan fingerprint density at radius 3 is 2.18 bits per heavy atom. The van der Waals surface area contributed by atoms with E-state index in [0.29, 0.717) is 12.2 Å². The molecule has 0 bridgehead atoms. The van der Waals surface area contributed by atoms with Gasteiger partial charge in [0.2, 0.25) is 5.91 Å². The van der Waals surface area contributed by atoms with Crippen molar-refractivity contribution in [1.82, 2.24) is 9.13 Å². The highest BCUT2D eigenvalue weighted by Gasteiger charge is 2.10.